The summed E-state index contributed by atoms with van der Waals surface area (Å²) in [4.78, 5) is 27.2. The maximum Gasteiger partial charge on any atom is 0.337 e. The van der Waals surface area contributed by atoms with Crippen molar-refractivity contribution in [2.75, 3.05) is 5.32 Å². The summed E-state index contributed by atoms with van der Waals surface area (Å²) >= 11 is 3.25. The molecule has 0 spiro atoms. The van der Waals surface area contributed by atoms with E-state index in [9.17, 15) is 9.59 Å². The van der Waals surface area contributed by atoms with E-state index in [4.69, 9.17) is 5.11 Å². The molecule has 0 saturated heterocycles. The molecule has 2 N–H and O–H groups in total. The third-order valence-corrected chi connectivity index (χ3v) is 3.11. The lowest BCUT2D eigenvalue weighted by atomic mass is 10.1. The van der Waals surface area contributed by atoms with Gasteiger partial charge in [-0.25, -0.2) is 4.79 Å². The normalized spacial score (nSPS) is 10.1. The van der Waals surface area contributed by atoms with Gasteiger partial charge in [-0.3, -0.25) is 9.78 Å². The highest BCUT2D eigenvalue weighted by molar-refractivity contribution is 9.10. The summed E-state index contributed by atoms with van der Waals surface area (Å²) in [5, 5.41) is 11.7. The van der Waals surface area contributed by atoms with Crippen LogP contribution in [0.15, 0.2) is 41.0 Å². The van der Waals surface area contributed by atoms with Gasteiger partial charge >= 0.3 is 5.97 Å². The molecule has 0 aliphatic rings. The molecule has 1 heterocycles. The molecule has 0 aliphatic heterocycles. The Kier molecular flexibility index (Phi) is 4.14. The van der Waals surface area contributed by atoms with Crippen LogP contribution in [0.2, 0.25) is 0 Å². The SMILES string of the molecule is Cc1cc(C(=O)Nc2cc(Br)ccc2C(=O)O)ccn1. The summed E-state index contributed by atoms with van der Waals surface area (Å²) in [5.74, 6) is -1.48. The third kappa shape index (κ3) is 3.21. The summed E-state index contributed by atoms with van der Waals surface area (Å²) in [6.07, 6.45) is 1.53. The van der Waals surface area contributed by atoms with E-state index >= 15 is 0 Å². The van der Waals surface area contributed by atoms with Gasteiger partial charge in [0.15, 0.2) is 0 Å². The minimum atomic E-state index is -1.10. The number of carboxylic acids is 1. The highest BCUT2D eigenvalue weighted by atomic mass is 79.9. The van der Waals surface area contributed by atoms with Crippen molar-refractivity contribution in [3.05, 3.63) is 57.8 Å². The van der Waals surface area contributed by atoms with Crippen molar-refractivity contribution in [2.45, 2.75) is 6.92 Å². The first-order chi connectivity index (χ1) is 9.47. The van der Waals surface area contributed by atoms with E-state index in [-0.39, 0.29) is 17.2 Å². The Hall–Kier alpha value is -2.21. The molecule has 1 aromatic carbocycles. The van der Waals surface area contributed by atoms with Gasteiger partial charge in [-0.05, 0) is 37.3 Å². The monoisotopic (exact) mass is 334 g/mol. The second kappa shape index (κ2) is 5.83. The predicted octanol–water partition coefficient (Wildman–Crippen LogP) is 3.10. The number of benzene rings is 1. The number of carbonyl (C=O) groups excluding carboxylic acids is 1. The molecule has 0 radical (unpaired) electrons. The van der Waals surface area contributed by atoms with E-state index in [2.05, 4.69) is 26.2 Å². The van der Waals surface area contributed by atoms with Gasteiger partial charge in [-0.2, -0.15) is 0 Å². The molecule has 20 heavy (non-hydrogen) atoms. The van der Waals surface area contributed by atoms with E-state index in [1.807, 2.05) is 0 Å². The van der Waals surface area contributed by atoms with Crippen molar-refractivity contribution < 1.29 is 14.7 Å². The van der Waals surface area contributed by atoms with Crippen molar-refractivity contribution in [3.8, 4) is 0 Å². The second-order valence-corrected chi connectivity index (χ2v) is 5.05. The largest absolute Gasteiger partial charge is 0.478 e. The van der Waals surface area contributed by atoms with Crippen LogP contribution in [0.25, 0.3) is 0 Å². The molecule has 1 aromatic heterocycles. The molecule has 0 saturated carbocycles. The number of rotatable bonds is 3. The van der Waals surface area contributed by atoms with Gasteiger partial charge in [0.25, 0.3) is 5.91 Å². The zero-order valence-electron chi connectivity index (χ0n) is 10.6. The second-order valence-electron chi connectivity index (χ2n) is 4.14. The molecule has 2 aromatic rings. The van der Waals surface area contributed by atoms with E-state index in [1.54, 1.807) is 31.2 Å². The number of carbonyl (C=O) groups is 2. The Labute approximate surface area is 123 Å². The molecule has 0 fully saturated rings. The Morgan fingerprint density at radius 2 is 2.00 bits per heavy atom. The van der Waals surface area contributed by atoms with Crippen LogP contribution >= 0.6 is 15.9 Å². The standard InChI is InChI=1S/C14H11BrN2O3/c1-8-6-9(4-5-16-8)13(18)17-12-7-10(15)2-3-11(12)14(19)20/h2-7H,1H3,(H,17,18)(H,19,20). The van der Waals surface area contributed by atoms with Gasteiger partial charge in [0.2, 0.25) is 0 Å². The first kappa shape index (κ1) is 14.2. The average molecular weight is 335 g/mol. The minimum absolute atomic E-state index is 0.0346. The summed E-state index contributed by atoms with van der Waals surface area (Å²) in [6, 6.07) is 7.79. The fourth-order valence-corrected chi connectivity index (χ4v) is 2.05. The van der Waals surface area contributed by atoms with Crippen LogP contribution < -0.4 is 5.32 Å². The maximum atomic E-state index is 12.1. The third-order valence-electron chi connectivity index (χ3n) is 2.62. The van der Waals surface area contributed by atoms with Crippen LogP contribution in [0.1, 0.15) is 26.4 Å². The molecule has 102 valence electrons. The summed E-state index contributed by atoms with van der Waals surface area (Å²) in [5.41, 5.74) is 1.41. The van der Waals surface area contributed by atoms with Gasteiger partial charge in [0.1, 0.15) is 0 Å². The molecule has 0 aliphatic carbocycles. The van der Waals surface area contributed by atoms with Crippen LogP contribution in [0.3, 0.4) is 0 Å². The number of hydrogen-bond donors (Lipinski definition) is 2. The molecule has 2 rings (SSSR count). The lowest BCUT2D eigenvalue weighted by molar-refractivity contribution is 0.0698. The van der Waals surface area contributed by atoms with E-state index in [0.29, 0.717) is 15.7 Å². The van der Waals surface area contributed by atoms with Gasteiger partial charge in [0.05, 0.1) is 11.3 Å². The Morgan fingerprint density at radius 1 is 1.25 bits per heavy atom. The molecule has 0 atom stereocenters. The van der Waals surface area contributed by atoms with Gasteiger partial charge in [-0.1, -0.05) is 15.9 Å². The Balaban J connectivity index is 2.32. The first-order valence-electron chi connectivity index (χ1n) is 5.74. The predicted molar refractivity (Wildman–Crippen MR) is 78.0 cm³/mol. The number of nitrogens with one attached hydrogen (secondary N) is 1. The maximum absolute atomic E-state index is 12.1. The Morgan fingerprint density at radius 3 is 2.65 bits per heavy atom. The number of aromatic nitrogens is 1. The number of hydrogen-bond acceptors (Lipinski definition) is 3. The number of aryl methyl sites for hydroxylation is 1. The van der Waals surface area contributed by atoms with Gasteiger partial charge in [-0.15, -0.1) is 0 Å². The highest BCUT2D eigenvalue weighted by Crippen LogP contribution is 2.22. The highest BCUT2D eigenvalue weighted by Gasteiger charge is 2.14. The van der Waals surface area contributed by atoms with Crippen molar-refractivity contribution in [1.29, 1.82) is 0 Å². The number of amides is 1. The summed E-state index contributed by atoms with van der Waals surface area (Å²) < 4.78 is 0.684. The fraction of sp³-hybridized carbons (Fsp3) is 0.0714. The topological polar surface area (TPSA) is 79.3 Å². The lowest BCUT2D eigenvalue weighted by Crippen LogP contribution is -2.15. The van der Waals surface area contributed by atoms with Gasteiger partial charge < -0.3 is 10.4 Å². The number of halogens is 1. The van der Waals surface area contributed by atoms with E-state index in [1.165, 1.54) is 12.3 Å². The van der Waals surface area contributed by atoms with Crippen molar-refractivity contribution in [1.82, 2.24) is 4.98 Å². The molecule has 1 amide bonds. The average Bonchev–Trinajstić information content (AvgIpc) is 2.38. The number of nitrogens with zero attached hydrogens (tertiary/aromatic N) is 1. The smallest absolute Gasteiger partial charge is 0.337 e. The van der Waals surface area contributed by atoms with Crippen molar-refractivity contribution >= 4 is 33.5 Å². The van der Waals surface area contributed by atoms with Crippen LogP contribution in [-0.2, 0) is 0 Å². The van der Waals surface area contributed by atoms with E-state index in [0.717, 1.165) is 0 Å². The van der Waals surface area contributed by atoms with Crippen LogP contribution in [0, 0.1) is 6.92 Å². The van der Waals surface area contributed by atoms with Crippen LogP contribution in [-0.4, -0.2) is 22.0 Å². The minimum Gasteiger partial charge on any atom is -0.478 e. The molecule has 0 bridgehead atoms. The molecule has 0 unspecified atom stereocenters. The van der Waals surface area contributed by atoms with Crippen LogP contribution in [0.5, 0.6) is 0 Å². The molecule has 6 heteroatoms. The molecule has 5 nitrogen and oxygen atoms in total. The number of pyridine rings is 1. The van der Waals surface area contributed by atoms with Gasteiger partial charge in [0, 0.05) is 21.9 Å². The van der Waals surface area contributed by atoms with Crippen molar-refractivity contribution in [2.24, 2.45) is 0 Å². The zero-order chi connectivity index (χ0) is 14.7. The molecular weight excluding hydrogens is 324 g/mol. The Bertz CT molecular complexity index is 686. The summed E-state index contributed by atoms with van der Waals surface area (Å²) in [6.45, 7) is 1.78. The number of anilines is 1. The molecular formula is C14H11BrN2O3. The van der Waals surface area contributed by atoms with Crippen molar-refractivity contribution in [3.63, 3.8) is 0 Å². The number of carboxylic acid groups (broad SMARTS) is 1. The summed E-state index contributed by atoms with van der Waals surface area (Å²) in [7, 11) is 0. The fourth-order valence-electron chi connectivity index (χ4n) is 1.69. The first-order valence-corrected chi connectivity index (χ1v) is 6.53. The quantitative estimate of drug-likeness (QED) is 0.903. The van der Waals surface area contributed by atoms with E-state index < -0.39 is 5.97 Å². The van der Waals surface area contributed by atoms with Crippen LogP contribution in [0.4, 0.5) is 5.69 Å². The zero-order valence-corrected chi connectivity index (χ0v) is 12.1. The lowest BCUT2D eigenvalue weighted by Gasteiger charge is -2.09. The number of aromatic carboxylic acids is 1.